The van der Waals surface area contributed by atoms with Crippen molar-refractivity contribution in [1.82, 2.24) is 5.32 Å². The molecule has 0 spiro atoms. The summed E-state index contributed by atoms with van der Waals surface area (Å²) >= 11 is 0. The van der Waals surface area contributed by atoms with Crippen LogP contribution in [-0.2, 0) is 4.74 Å². The standard InChI is InChI=1S/C11H17NO2/c1-8-3-4-10(14-8)11(12-2)9-5-6-13-7-9/h3-4,9,11-12H,5-7H2,1-2H3. The lowest BCUT2D eigenvalue weighted by Gasteiger charge is -2.19. The van der Waals surface area contributed by atoms with Crippen molar-refractivity contribution < 1.29 is 9.15 Å². The van der Waals surface area contributed by atoms with E-state index >= 15 is 0 Å². The number of furan rings is 1. The third-order valence-corrected chi connectivity index (χ3v) is 2.81. The molecule has 1 aliphatic heterocycles. The van der Waals surface area contributed by atoms with E-state index in [1.807, 2.05) is 20.0 Å². The molecule has 0 aromatic carbocycles. The monoisotopic (exact) mass is 195 g/mol. The van der Waals surface area contributed by atoms with Gasteiger partial charge in [0, 0.05) is 12.5 Å². The highest BCUT2D eigenvalue weighted by molar-refractivity contribution is 5.11. The summed E-state index contributed by atoms with van der Waals surface area (Å²) in [6.07, 6.45) is 1.12. The molecule has 0 bridgehead atoms. The lowest BCUT2D eigenvalue weighted by Crippen LogP contribution is -2.25. The summed E-state index contributed by atoms with van der Waals surface area (Å²) < 4.78 is 11.0. The molecule has 1 aromatic rings. The van der Waals surface area contributed by atoms with Gasteiger partial charge in [0.2, 0.25) is 0 Å². The molecular formula is C11H17NO2. The average Bonchev–Trinajstić information content (AvgIpc) is 2.79. The van der Waals surface area contributed by atoms with Crippen LogP contribution in [0.4, 0.5) is 0 Å². The molecule has 1 N–H and O–H groups in total. The highest BCUT2D eigenvalue weighted by atomic mass is 16.5. The fourth-order valence-corrected chi connectivity index (χ4v) is 2.05. The minimum Gasteiger partial charge on any atom is -0.465 e. The van der Waals surface area contributed by atoms with Gasteiger partial charge in [-0.15, -0.1) is 0 Å². The molecule has 2 rings (SSSR count). The number of rotatable bonds is 3. The molecule has 0 saturated carbocycles. The van der Waals surface area contributed by atoms with Crippen LogP contribution < -0.4 is 5.32 Å². The first-order chi connectivity index (χ1) is 6.81. The predicted molar refractivity (Wildman–Crippen MR) is 54.2 cm³/mol. The van der Waals surface area contributed by atoms with E-state index in [1.165, 1.54) is 0 Å². The molecule has 3 heteroatoms. The molecule has 0 amide bonds. The molecule has 0 aliphatic carbocycles. The second kappa shape index (κ2) is 4.15. The second-order valence-electron chi connectivity index (χ2n) is 3.84. The molecule has 1 aromatic heterocycles. The Hall–Kier alpha value is -0.800. The topological polar surface area (TPSA) is 34.4 Å². The van der Waals surface area contributed by atoms with Crippen LogP contribution in [0.5, 0.6) is 0 Å². The maximum Gasteiger partial charge on any atom is 0.121 e. The van der Waals surface area contributed by atoms with E-state index in [4.69, 9.17) is 9.15 Å². The van der Waals surface area contributed by atoms with Crippen LogP contribution in [0.25, 0.3) is 0 Å². The summed E-state index contributed by atoms with van der Waals surface area (Å²) in [7, 11) is 1.97. The normalized spacial score (nSPS) is 24.0. The Kier molecular flexibility index (Phi) is 2.89. The highest BCUT2D eigenvalue weighted by Gasteiger charge is 2.27. The smallest absolute Gasteiger partial charge is 0.121 e. The minimum absolute atomic E-state index is 0.297. The first-order valence-corrected chi connectivity index (χ1v) is 5.12. The van der Waals surface area contributed by atoms with Gasteiger partial charge in [-0.25, -0.2) is 0 Å². The lowest BCUT2D eigenvalue weighted by molar-refractivity contribution is 0.174. The molecule has 14 heavy (non-hydrogen) atoms. The Morgan fingerprint density at radius 2 is 2.36 bits per heavy atom. The average molecular weight is 195 g/mol. The van der Waals surface area contributed by atoms with E-state index in [1.54, 1.807) is 0 Å². The third kappa shape index (κ3) is 1.83. The third-order valence-electron chi connectivity index (χ3n) is 2.81. The zero-order valence-corrected chi connectivity index (χ0v) is 8.75. The Bertz CT molecular complexity index is 289. The number of ether oxygens (including phenoxy) is 1. The number of hydrogen-bond donors (Lipinski definition) is 1. The summed E-state index contributed by atoms with van der Waals surface area (Å²) in [6.45, 7) is 3.69. The molecule has 1 saturated heterocycles. The van der Waals surface area contributed by atoms with Crippen LogP contribution >= 0.6 is 0 Å². The van der Waals surface area contributed by atoms with Crippen LogP contribution in [0.3, 0.4) is 0 Å². The predicted octanol–water partition coefficient (Wildman–Crippen LogP) is 1.89. The van der Waals surface area contributed by atoms with E-state index in [0.717, 1.165) is 31.2 Å². The van der Waals surface area contributed by atoms with Crippen molar-refractivity contribution in [2.24, 2.45) is 5.92 Å². The summed E-state index contributed by atoms with van der Waals surface area (Å²) in [5.74, 6) is 2.55. The van der Waals surface area contributed by atoms with Crippen molar-refractivity contribution in [1.29, 1.82) is 0 Å². The van der Waals surface area contributed by atoms with Crippen LogP contribution in [0, 0.1) is 12.8 Å². The molecule has 1 aliphatic rings. The van der Waals surface area contributed by atoms with Gasteiger partial charge in [0.25, 0.3) is 0 Å². The van der Waals surface area contributed by atoms with Crippen molar-refractivity contribution in [3.63, 3.8) is 0 Å². The van der Waals surface area contributed by atoms with Gasteiger partial charge in [0.15, 0.2) is 0 Å². The number of nitrogens with one attached hydrogen (secondary N) is 1. The molecule has 0 radical (unpaired) electrons. The minimum atomic E-state index is 0.297. The van der Waals surface area contributed by atoms with E-state index < -0.39 is 0 Å². The van der Waals surface area contributed by atoms with Gasteiger partial charge < -0.3 is 14.5 Å². The van der Waals surface area contributed by atoms with Crippen molar-refractivity contribution in [2.45, 2.75) is 19.4 Å². The lowest BCUT2D eigenvalue weighted by atomic mass is 9.97. The zero-order chi connectivity index (χ0) is 9.97. The molecule has 3 nitrogen and oxygen atoms in total. The summed E-state index contributed by atoms with van der Waals surface area (Å²) in [5, 5.41) is 3.30. The second-order valence-corrected chi connectivity index (χ2v) is 3.84. The first kappa shape index (κ1) is 9.74. The SMILES string of the molecule is CNC(c1ccc(C)o1)C1CCOC1. The van der Waals surface area contributed by atoms with Crippen molar-refractivity contribution in [3.05, 3.63) is 23.7 Å². The van der Waals surface area contributed by atoms with Crippen LogP contribution in [0.2, 0.25) is 0 Å². The van der Waals surface area contributed by atoms with Crippen LogP contribution in [-0.4, -0.2) is 20.3 Å². The molecule has 78 valence electrons. The van der Waals surface area contributed by atoms with Crippen molar-refractivity contribution in [2.75, 3.05) is 20.3 Å². The quantitative estimate of drug-likeness (QED) is 0.799. The largest absolute Gasteiger partial charge is 0.465 e. The highest BCUT2D eigenvalue weighted by Crippen LogP contribution is 2.29. The van der Waals surface area contributed by atoms with Gasteiger partial charge in [-0.2, -0.15) is 0 Å². The maximum atomic E-state index is 5.63. The van der Waals surface area contributed by atoms with Gasteiger partial charge in [-0.1, -0.05) is 0 Å². The molecule has 1 fully saturated rings. The molecular weight excluding hydrogens is 178 g/mol. The Balaban J connectivity index is 2.12. The van der Waals surface area contributed by atoms with E-state index in [2.05, 4.69) is 11.4 Å². The number of aryl methyl sites for hydroxylation is 1. The van der Waals surface area contributed by atoms with Gasteiger partial charge in [-0.05, 0) is 32.5 Å². The van der Waals surface area contributed by atoms with E-state index in [-0.39, 0.29) is 0 Å². The van der Waals surface area contributed by atoms with Crippen molar-refractivity contribution in [3.8, 4) is 0 Å². The van der Waals surface area contributed by atoms with Gasteiger partial charge in [0.1, 0.15) is 11.5 Å². The van der Waals surface area contributed by atoms with Gasteiger partial charge in [-0.3, -0.25) is 0 Å². The number of hydrogen-bond acceptors (Lipinski definition) is 3. The van der Waals surface area contributed by atoms with Crippen LogP contribution in [0.1, 0.15) is 24.0 Å². The van der Waals surface area contributed by atoms with E-state index in [0.29, 0.717) is 12.0 Å². The summed E-state index contributed by atoms with van der Waals surface area (Å²) in [6, 6.07) is 4.36. The van der Waals surface area contributed by atoms with Gasteiger partial charge in [0.05, 0.1) is 12.6 Å². The molecule has 2 heterocycles. The zero-order valence-electron chi connectivity index (χ0n) is 8.75. The summed E-state index contributed by atoms with van der Waals surface area (Å²) in [5.41, 5.74) is 0. The maximum absolute atomic E-state index is 5.63. The van der Waals surface area contributed by atoms with Crippen LogP contribution in [0.15, 0.2) is 16.5 Å². The Morgan fingerprint density at radius 3 is 2.86 bits per heavy atom. The molecule has 2 unspecified atom stereocenters. The summed E-state index contributed by atoms with van der Waals surface area (Å²) in [4.78, 5) is 0. The van der Waals surface area contributed by atoms with E-state index in [9.17, 15) is 0 Å². The fourth-order valence-electron chi connectivity index (χ4n) is 2.05. The molecule has 2 atom stereocenters. The first-order valence-electron chi connectivity index (χ1n) is 5.12. The van der Waals surface area contributed by atoms with Gasteiger partial charge >= 0.3 is 0 Å². The Morgan fingerprint density at radius 1 is 1.50 bits per heavy atom. The van der Waals surface area contributed by atoms with Crippen molar-refractivity contribution >= 4 is 0 Å². The fraction of sp³-hybridized carbons (Fsp3) is 0.636. The Labute approximate surface area is 84.4 Å².